The normalized spacial score (nSPS) is 15.2. The minimum Gasteiger partial charge on any atom is -0.382 e. The highest BCUT2D eigenvalue weighted by Crippen LogP contribution is 2.19. The van der Waals surface area contributed by atoms with E-state index in [9.17, 15) is 4.79 Å². The molecule has 1 aromatic carbocycles. The van der Waals surface area contributed by atoms with E-state index >= 15 is 0 Å². The molecule has 1 aliphatic heterocycles. The van der Waals surface area contributed by atoms with Crippen molar-refractivity contribution >= 4 is 42.1 Å². The Morgan fingerprint density at radius 1 is 1.19 bits per heavy atom. The fourth-order valence-electron chi connectivity index (χ4n) is 2.98. The maximum absolute atomic E-state index is 12.5. The lowest BCUT2D eigenvalue weighted by atomic mass is 10.1. The number of hydrogen-bond acceptors (Lipinski definition) is 5. The van der Waals surface area contributed by atoms with Crippen LogP contribution in [0, 0.1) is 0 Å². The van der Waals surface area contributed by atoms with Crippen molar-refractivity contribution < 1.29 is 9.53 Å². The number of carbonyl (C=O) groups excluding carboxylic acids is 1. The van der Waals surface area contributed by atoms with E-state index in [1.807, 2.05) is 37.5 Å². The van der Waals surface area contributed by atoms with Crippen LogP contribution in [0.3, 0.4) is 0 Å². The Morgan fingerprint density at radius 3 is 2.37 bits per heavy atom. The zero-order valence-electron chi connectivity index (χ0n) is 15.5. The predicted octanol–water partition coefficient (Wildman–Crippen LogP) is 2.75. The molecule has 2 aromatic rings. The molecule has 0 saturated carbocycles. The zero-order valence-corrected chi connectivity index (χ0v) is 17.1. The fraction of sp³-hybridized carbons (Fsp3) is 0.444. The molecule has 0 bridgehead atoms. The Labute approximate surface area is 172 Å². The summed E-state index contributed by atoms with van der Waals surface area (Å²) < 4.78 is 7.06. The number of halogens is 2. The van der Waals surface area contributed by atoms with Crippen LogP contribution in [0.15, 0.2) is 36.7 Å². The summed E-state index contributed by atoms with van der Waals surface area (Å²) in [5.41, 5.74) is 2.66. The Hall–Kier alpha value is -1.80. The summed E-state index contributed by atoms with van der Waals surface area (Å²) in [5, 5.41) is 13.6. The van der Waals surface area contributed by atoms with E-state index < -0.39 is 6.04 Å². The minimum atomic E-state index is -0.436. The molecular weight excluding hydrogens is 389 g/mol. The standard InChI is InChI=1S/C18H25N5O2.2ClH/c1-19-17(13-11-20-23(2)12-13)18(24)22-15-5-3-14(4-6-15)21-16-7-9-25-10-8-16;;/h3-6,11-12,16-17,19,21H,7-10H2,1-2H3,(H,22,24);2*1H. The van der Waals surface area contributed by atoms with Gasteiger partial charge in [0.15, 0.2) is 0 Å². The molecule has 9 heteroatoms. The highest BCUT2D eigenvalue weighted by Gasteiger charge is 2.20. The number of anilines is 2. The summed E-state index contributed by atoms with van der Waals surface area (Å²) in [6.45, 7) is 1.62. The molecule has 0 radical (unpaired) electrons. The Bertz CT molecular complexity index is 702. The van der Waals surface area contributed by atoms with Gasteiger partial charge in [-0.25, -0.2) is 0 Å². The van der Waals surface area contributed by atoms with E-state index in [0.29, 0.717) is 6.04 Å². The smallest absolute Gasteiger partial charge is 0.246 e. The van der Waals surface area contributed by atoms with Crippen molar-refractivity contribution in [2.45, 2.75) is 24.9 Å². The second-order valence-corrected chi connectivity index (χ2v) is 6.27. The quantitative estimate of drug-likeness (QED) is 0.675. The van der Waals surface area contributed by atoms with Crippen molar-refractivity contribution in [3.05, 3.63) is 42.2 Å². The Kier molecular flexibility index (Phi) is 9.59. The van der Waals surface area contributed by atoms with Crippen LogP contribution in [0.4, 0.5) is 11.4 Å². The van der Waals surface area contributed by atoms with Crippen molar-refractivity contribution in [2.24, 2.45) is 7.05 Å². The molecule has 1 aliphatic rings. The topological polar surface area (TPSA) is 80.2 Å². The third-order valence-corrected chi connectivity index (χ3v) is 4.35. The molecule has 3 rings (SSSR count). The molecule has 1 atom stereocenters. The number of rotatable bonds is 6. The summed E-state index contributed by atoms with van der Waals surface area (Å²) in [5.74, 6) is -0.111. The number of aromatic nitrogens is 2. The van der Waals surface area contributed by atoms with Crippen LogP contribution in [-0.4, -0.2) is 42.0 Å². The largest absolute Gasteiger partial charge is 0.382 e. The molecule has 7 nitrogen and oxygen atoms in total. The highest BCUT2D eigenvalue weighted by molar-refractivity contribution is 5.95. The maximum atomic E-state index is 12.5. The van der Waals surface area contributed by atoms with Gasteiger partial charge in [0.2, 0.25) is 5.91 Å². The van der Waals surface area contributed by atoms with Crippen molar-refractivity contribution in [3.63, 3.8) is 0 Å². The van der Waals surface area contributed by atoms with E-state index in [0.717, 1.165) is 43.0 Å². The highest BCUT2D eigenvalue weighted by atomic mass is 35.5. The monoisotopic (exact) mass is 415 g/mol. The molecule has 0 aliphatic carbocycles. The van der Waals surface area contributed by atoms with Crippen LogP contribution in [-0.2, 0) is 16.6 Å². The molecule has 1 saturated heterocycles. The molecule has 0 spiro atoms. The van der Waals surface area contributed by atoms with Gasteiger partial charge in [-0.1, -0.05) is 0 Å². The van der Waals surface area contributed by atoms with E-state index in [4.69, 9.17) is 4.74 Å². The van der Waals surface area contributed by atoms with Crippen LogP contribution in [0.1, 0.15) is 24.4 Å². The molecule has 1 amide bonds. The molecular formula is C18H27Cl2N5O2. The van der Waals surface area contributed by atoms with Gasteiger partial charge in [0.1, 0.15) is 6.04 Å². The summed E-state index contributed by atoms with van der Waals surface area (Å²) in [4.78, 5) is 12.5. The van der Waals surface area contributed by atoms with E-state index in [1.54, 1.807) is 17.9 Å². The van der Waals surface area contributed by atoms with Crippen LogP contribution in [0.5, 0.6) is 0 Å². The van der Waals surface area contributed by atoms with E-state index in [1.165, 1.54) is 0 Å². The SMILES string of the molecule is CNC(C(=O)Nc1ccc(NC2CCOCC2)cc1)c1cnn(C)c1.Cl.Cl. The van der Waals surface area contributed by atoms with Gasteiger partial charge < -0.3 is 20.7 Å². The summed E-state index contributed by atoms with van der Waals surface area (Å²) >= 11 is 0. The Balaban J connectivity index is 0.00000182. The zero-order chi connectivity index (χ0) is 17.6. The molecule has 1 fully saturated rings. The summed E-state index contributed by atoms with van der Waals surface area (Å²) in [6, 6.07) is 7.82. The van der Waals surface area contributed by atoms with Crippen molar-refractivity contribution in [1.82, 2.24) is 15.1 Å². The first kappa shape index (κ1) is 23.2. The first-order valence-electron chi connectivity index (χ1n) is 8.57. The lowest BCUT2D eigenvalue weighted by Crippen LogP contribution is -2.30. The number of carbonyl (C=O) groups is 1. The number of nitrogens with one attached hydrogen (secondary N) is 3. The lowest BCUT2D eigenvalue weighted by molar-refractivity contribution is -0.118. The number of ether oxygens (including phenoxy) is 1. The number of amides is 1. The molecule has 150 valence electrons. The van der Waals surface area contributed by atoms with E-state index in [-0.39, 0.29) is 30.7 Å². The predicted molar refractivity (Wildman–Crippen MR) is 112 cm³/mol. The number of likely N-dealkylation sites (N-methyl/N-ethyl adjacent to an activating group) is 1. The Morgan fingerprint density at radius 2 is 1.81 bits per heavy atom. The van der Waals surface area contributed by atoms with Gasteiger partial charge in [0.25, 0.3) is 0 Å². The lowest BCUT2D eigenvalue weighted by Gasteiger charge is -2.24. The second kappa shape index (κ2) is 11.1. The van der Waals surface area contributed by atoms with Gasteiger partial charge in [-0.05, 0) is 44.2 Å². The summed E-state index contributed by atoms with van der Waals surface area (Å²) in [6.07, 6.45) is 5.57. The van der Waals surface area contributed by atoms with Crippen molar-refractivity contribution in [3.8, 4) is 0 Å². The average molecular weight is 416 g/mol. The third kappa shape index (κ3) is 6.39. The van der Waals surface area contributed by atoms with Crippen LogP contribution < -0.4 is 16.0 Å². The number of hydrogen-bond donors (Lipinski definition) is 3. The van der Waals surface area contributed by atoms with Crippen LogP contribution >= 0.6 is 24.8 Å². The van der Waals surface area contributed by atoms with Gasteiger partial charge in [0.05, 0.1) is 6.20 Å². The summed E-state index contributed by atoms with van der Waals surface area (Å²) in [7, 11) is 3.59. The van der Waals surface area contributed by atoms with Crippen LogP contribution in [0.2, 0.25) is 0 Å². The fourth-order valence-corrected chi connectivity index (χ4v) is 2.98. The first-order chi connectivity index (χ1) is 12.2. The molecule has 3 N–H and O–H groups in total. The van der Waals surface area contributed by atoms with E-state index in [2.05, 4.69) is 21.0 Å². The number of benzene rings is 1. The maximum Gasteiger partial charge on any atom is 0.246 e. The van der Waals surface area contributed by atoms with Gasteiger partial charge in [0, 0.05) is 49.4 Å². The van der Waals surface area contributed by atoms with Gasteiger partial charge >= 0.3 is 0 Å². The van der Waals surface area contributed by atoms with Crippen molar-refractivity contribution in [2.75, 3.05) is 30.9 Å². The van der Waals surface area contributed by atoms with Crippen molar-refractivity contribution in [1.29, 1.82) is 0 Å². The average Bonchev–Trinajstić information content (AvgIpc) is 3.04. The van der Waals surface area contributed by atoms with Gasteiger partial charge in [-0.2, -0.15) is 5.10 Å². The van der Waals surface area contributed by atoms with Crippen LogP contribution in [0.25, 0.3) is 0 Å². The second-order valence-electron chi connectivity index (χ2n) is 6.27. The molecule has 27 heavy (non-hydrogen) atoms. The van der Waals surface area contributed by atoms with Gasteiger partial charge in [-0.15, -0.1) is 24.8 Å². The third-order valence-electron chi connectivity index (χ3n) is 4.35. The number of nitrogens with zero attached hydrogens (tertiary/aromatic N) is 2. The first-order valence-corrected chi connectivity index (χ1v) is 8.57. The number of aryl methyl sites for hydroxylation is 1. The molecule has 2 heterocycles. The molecule has 1 aromatic heterocycles. The minimum absolute atomic E-state index is 0. The van der Waals surface area contributed by atoms with Gasteiger partial charge in [-0.3, -0.25) is 9.48 Å². The molecule has 1 unspecified atom stereocenters.